The first-order valence-corrected chi connectivity index (χ1v) is 6.61. The Kier molecular flexibility index (Phi) is 4.67. The number of likely N-dealkylation sites (tertiary alicyclic amines) is 1. The Bertz CT molecular complexity index is 424. The van der Waals surface area contributed by atoms with Crippen LogP contribution in [0.1, 0.15) is 12.0 Å². The maximum Gasteiger partial charge on any atom is 0.401 e. The quantitative estimate of drug-likeness (QED) is 0.867. The number of benzene rings is 1. The van der Waals surface area contributed by atoms with Crippen LogP contribution in [0.4, 0.5) is 13.2 Å². The van der Waals surface area contributed by atoms with E-state index in [1.807, 2.05) is 30.3 Å². The first-order chi connectivity index (χ1) is 9.42. The molecule has 1 atom stereocenters. The van der Waals surface area contributed by atoms with Crippen LogP contribution in [0.2, 0.25) is 0 Å². The van der Waals surface area contributed by atoms with Crippen molar-refractivity contribution < 1.29 is 18.3 Å². The van der Waals surface area contributed by atoms with Crippen molar-refractivity contribution in [3.8, 4) is 0 Å². The Morgan fingerprint density at radius 3 is 2.55 bits per heavy atom. The Hall–Kier alpha value is -1.11. The summed E-state index contributed by atoms with van der Waals surface area (Å²) in [7, 11) is 0. The van der Waals surface area contributed by atoms with Crippen LogP contribution >= 0.6 is 0 Å². The lowest BCUT2D eigenvalue weighted by molar-refractivity contribution is -0.129. The van der Waals surface area contributed by atoms with Crippen molar-refractivity contribution in [3.05, 3.63) is 35.9 Å². The molecule has 0 aliphatic carbocycles. The number of aliphatic hydroxyl groups excluding tert-OH is 1. The number of aliphatic hydroxyl groups is 1. The summed E-state index contributed by atoms with van der Waals surface area (Å²) in [6, 6.07) is 9.78. The number of alkyl halides is 3. The lowest BCUT2D eigenvalue weighted by Crippen LogP contribution is -2.53. The third-order valence-corrected chi connectivity index (χ3v) is 3.65. The van der Waals surface area contributed by atoms with E-state index in [1.54, 1.807) is 0 Å². The molecule has 0 radical (unpaired) electrons. The van der Waals surface area contributed by atoms with E-state index in [9.17, 15) is 18.3 Å². The lowest BCUT2D eigenvalue weighted by atomic mass is 10.00. The third-order valence-electron chi connectivity index (χ3n) is 3.65. The van der Waals surface area contributed by atoms with Gasteiger partial charge in [-0.1, -0.05) is 30.3 Å². The summed E-state index contributed by atoms with van der Waals surface area (Å²) in [6.07, 6.45) is -3.73. The number of halogens is 3. The number of rotatable bonds is 5. The third kappa shape index (κ3) is 4.19. The molecule has 0 aromatic heterocycles. The Balaban J connectivity index is 1.91. The van der Waals surface area contributed by atoms with Crippen LogP contribution in [-0.4, -0.2) is 48.0 Å². The zero-order valence-corrected chi connectivity index (χ0v) is 11.2. The van der Waals surface area contributed by atoms with Crippen LogP contribution in [0.25, 0.3) is 0 Å². The van der Waals surface area contributed by atoms with E-state index >= 15 is 0 Å². The number of nitrogens with one attached hydrogen (secondary N) is 1. The van der Waals surface area contributed by atoms with Gasteiger partial charge in [-0.2, -0.15) is 13.2 Å². The summed E-state index contributed by atoms with van der Waals surface area (Å²) in [5, 5.41) is 11.9. The molecular formula is C14H19F3N2O. The monoisotopic (exact) mass is 288 g/mol. The molecule has 112 valence electrons. The van der Waals surface area contributed by atoms with Crippen LogP contribution in [-0.2, 0) is 6.54 Å². The molecule has 0 bridgehead atoms. The summed E-state index contributed by atoms with van der Waals surface area (Å²) in [5.41, 5.74) is 0.279. The van der Waals surface area contributed by atoms with E-state index in [1.165, 1.54) is 0 Å². The van der Waals surface area contributed by atoms with E-state index in [4.69, 9.17) is 0 Å². The van der Waals surface area contributed by atoms with Crippen LogP contribution in [0.3, 0.4) is 0 Å². The molecule has 20 heavy (non-hydrogen) atoms. The maximum atomic E-state index is 12.3. The van der Waals surface area contributed by atoms with Gasteiger partial charge in [-0.25, -0.2) is 0 Å². The molecule has 0 amide bonds. The maximum absolute atomic E-state index is 12.3. The average molecular weight is 288 g/mol. The van der Waals surface area contributed by atoms with Crippen LogP contribution in [0.5, 0.6) is 0 Å². The minimum Gasteiger partial charge on any atom is -0.394 e. The Morgan fingerprint density at radius 2 is 1.95 bits per heavy atom. The lowest BCUT2D eigenvalue weighted by Gasteiger charge is -2.29. The van der Waals surface area contributed by atoms with Crippen molar-refractivity contribution in [2.24, 2.45) is 0 Å². The van der Waals surface area contributed by atoms with Gasteiger partial charge in [0.25, 0.3) is 0 Å². The highest BCUT2D eigenvalue weighted by Gasteiger charge is 2.40. The molecule has 1 aromatic rings. The van der Waals surface area contributed by atoms with Gasteiger partial charge in [-0.15, -0.1) is 0 Å². The van der Waals surface area contributed by atoms with E-state index in [0.717, 1.165) is 5.56 Å². The first kappa shape index (κ1) is 15.3. The molecule has 3 nitrogen and oxygen atoms in total. The minimum atomic E-state index is -4.25. The fourth-order valence-corrected chi connectivity index (χ4v) is 2.55. The van der Waals surface area contributed by atoms with Gasteiger partial charge in [-0.05, 0) is 12.0 Å². The van der Waals surface area contributed by atoms with E-state index in [2.05, 4.69) is 10.2 Å². The number of hydrogen-bond donors (Lipinski definition) is 2. The zero-order valence-electron chi connectivity index (χ0n) is 11.2. The predicted octanol–water partition coefficient (Wildman–Crippen LogP) is 1.78. The molecule has 1 heterocycles. The van der Waals surface area contributed by atoms with Gasteiger partial charge in [-0.3, -0.25) is 10.2 Å². The molecule has 1 aliphatic heterocycles. The number of nitrogens with zero attached hydrogens (tertiary/aromatic N) is 1. The largest absolute Gasteiger partial charge is 0.401 e. The van der Waals surface area contributed by atoms with Gasteiger partial charge in [0.05, 0.1) is 18.7 Å². The van der Waals surface area contributed by atoms with Crippen molar-refractivity contribution in [1.29, 1.82) is 0 Å². The van der Waals surface area contributed by atoms with Crippen molar-refractivity contribution in [2.75, 3.05) is 26.2 Å². The summed E-state index contributed by atoms with van der Waals surface area (Å²) in [5.74, 6) is 0. The highest BCUT2D eigenvalue weighted by atomic mass is 19.4. The van der Waals surface area contributed by atoms with Crippen molar-refractivity contribution >= 4 is 0 Å². The topological polar surface area (TPSA) is 35.5 Å². The first-order valence-electron chi connectivity index (χ1n) is 6.61. The van der Waals surface area contributed by atoms with E-state index < -0.39 is 18.3 Å². The van der Waals surface area contributed by atoms with Gasteiger partial charge in [0.2, 0.25) is 0 Å². The molecule has 0 saturated carbocycles. The second-order valence-corrected chi connectivity index (χ2v) is 5.35. The van der Waals surface area contributed by atoms with Crippen LogP contribution in [0, 0.1) is 0 Å². The van der Waals surface area contributed by atoms with Crippen molar-refractivity contribution in [2.45, 2.75) is 24.7 Å². The van der Waals surface area contributed by atoms with Gasteiger partial charge in [0, 0.05) is 19.6 Å². The molecule has 2 rings (SSSR count). The van der Waals surface area contributed by atoms with E-state index in [0.29, 0.717) is 26.1 Å². The number of hydrogen-bond acceptors (Lipinski definition) is 3. The molecule has 6 heteroatoms. The van der Waals surface area contributed by atoms with Crippen LogP contribution in [0.15, 0.2) is 30.3 Å². The fourth-order valence-electron chi connectivity index (χ4n) is 2.55. The minimum absolute atomic E-state index is 0.283. The zero-order chi connectivity index (χ0) is 14.6. The van der Waals surface area contributed by atoms with E-state index in [-0.39, 0.29) is 6.61 Å². The molecule has 1 aromatic carbocycles. The molecule has 0 spiro atoms. The summed E-state index contributed by atoms with van der Waals surface area (Å²) in [6.45, 7) is 0.451. The highest BCUT2D eigenvalue weighted by molar-refractivity contribution is 5.15. The van der Waals surface area contributed by atoms with Crippen molar-refractivity contribution in [1.82, 2.24) is 10.2 Å². The Labute approximate surface area is 116 Å². The Morgan fingerprint density at radius 1 is 1.25 bits per heavy atom. The summed E-state index contributed by atoms with van der Waals surface area (Å²) >= 11 is 0. The van der Waals surface area contributed by atoms with Gasteiger partial charge in [0.1, 0.15) is 0 Å². The average Bonchev–Trinajstić information content (AvgIpc) is 2.81. The second-order valence-electron chi connectivity index (χ2n) is 5.35. The standard InChI is InChI=1S/C14H19F3N2O/c15-14(16,17)9-18-13(11-20)6-7-19(10-13)8-12-4-2-1-3-5-12/h1-5,18,20H,6-11H2. The SMILES string of the molecule is OCC1(NCC(F)(F)F)CCN(Cc2ccccc2)C1. The van der Waals surface area contributed by atoms with Gasteiger partial charge in [0.15, 0.2) is 0 Å². The molecule has 1 saturated heterocycles. The highest BCUT2D eigenvalue weighted by Crippen LogP contribution is 2.24. The summed E-state index contributed by atoms with van der Waals surface area (Å²) in [4.78, 5) is 2.06. The second kappa shape index (κ2) is 6.11. The smallest absolute Gasteiger partial charge is 0.394 e. The van der Waals surface area contributed by atoms with Gasteiger partial charge >= 0.3 is 6.18 Å². The van der Waals surface area contributed by atoms with Crippen LogP contribution < -0.4 is 5.32 Å². The van der Waals surface area contributed by atoms with Gasteiger partial charge < -0.3 is 5.11 Å². The summed E-state index contributed by atoms with van der Waals surface area (Å²) < 4.78 is 36.9. The molecular weight excluding hydrogens is 269 g/mol. The fraction of sp³-hybridized carbons (Fsp3) is 0.571. The molecule has 2 N–H and O–H groups in total. The van der Waals surface area contributed by atoms with Crippen molar-refractivity contribution in [3.63, 3.8) is 0 Å². The molecule has 1 fully saturated rings. The molecule has 1 aliphatic rings. The predicted molar refractivity (Wildman–Crippen MR) is 70.2 cm³/mol. The molecule has 1 unspecified atom stereocenters. The normalized spacial score (nSPS) is 24.2.